The fourth-order valence-electron chi connectivity index (χ4n) is 2.32. The number of nitrogens with zero attached hydrogens (tertiary/aromatic N) is 1. The van der Waals surface area contributed by atoms with Crippen LogP contribution >= 0.6 is 0 Å². The number of anilines is 1. The molecular formula is C14H18FN3O2. The van der Waals surface area contributed by atoms with Gasteiger partial charge in [-0.25, -0.2) is 4.39 Å². The molecule has 2 rings (SSSR count). The first-order valence-corrected chi connectivity index (χ1v) is 6.63. The first-order valence-electron chi connectivity index (χ1n) is 6.63. The Morgan fingerprint density at radius 3 is 2.90 bits per heavy atom. The van der Waals surface area contributed by atoms with Gasteiger partial charge in [-0.15, -0.1) is 0 Å². The van der Waals surface area contributed by atoms with Crippen LogP contribution in [-0.2, 0) is 9.59 Å². The Bertz CT molecular complexity index is 507. The van der Waals surface area contributed by atoms with Crippen molar-refractivity contribution in [1.29, 1.82) is 0 Å². The average Bonchev–Trinajstić information content (AvgIpc) is 2.42. The van der Waals surface area contributed by atoms with Gasteiger partial charge >= 0.3 is 0 Å². The maximum absolute atomic E-state index is 13.8. The first-order chi connectivity index (χ1) is 9.63. The van der Waals surface area contributed by atoms with Crippen LogP contribution in [0.3, 0.4) is 0 Å². The Kier molecular flexibility index (Phi) is 4.68. The van der Waals surface area contributed by atoms with Gasteiger partial charge in [-0.3, -0.25) is 9.59 Å². The Labute approximate surface area is 117 Å². The minimum absolute atomic E-state index is 0.156. The van der Waals surface area contributed by atoms with Gasteiger partial charge in [-0.2, -0.15) is 0 Å². The van der Waals surface area contributed by atoms with Gasteiger partial charge in [0, 0.05) is 6.54 Å². The predicted octanol–water partition coefficient (Wildman–Crippen LogP) is 0.657. The smallest absolute Gasteiger partial charge is 0.249 e. The molecule has 0 saturated carbocycles. The predicted molar refractivity (Wildman–Crippen MR) is 73.8 cm³/mol. The largest absolute Gasteiger partial charge is 0.343 e. The highest BCUT2D eigenvalue weighted by atomic mass is 19.1. The SMILES string of the molecule is CNCC(=O)NC1CCCN(c2ccccc2F)C1=O. The number of piperidine rings is 1. The second-order valence-corrected chi connectivity index (χ2v) is 4.73. The minimum atomic E-state index is -0.579. The second kappa shape index (κ2) is 6.47. The number of carbonyl (C=O) groups is 2. The van der Waals surface area contributed by atoms with E-state index < -0.39 is 11.9 Å². The van der Waals surface area contributed by atoms with Crippen LogP contribution in [0.25, 0.3) is 0 Å². The van der Waals surface area contributed by atoms with Crippen molar-refractivity contribution in [2.75, 3.05) is 25.0 Å². The van der Waals surface area contributed by atoms with E-state index in [1.54, 1.807) is 25.2 Å². The number of benzene rings is 1. The molecule has 1 atom stereocenters. The standard InChI is InChI=1S/C14H18FN3O2/c1-16-9-13(19)17-11-6-4-8-18(14(11)20)12-7-3-2-5-10(12)15/h2-3,5,7,11,16H,4,6,8-9H2,1H3,(H,17,19). The third kappa shape index (κ3) is 3.14. The van der Waals surface area contributed by atoms with Crippen LogP contribution in [0.15, 0.2) is 24.3 Å². The van der Waals surface area contributed by atoms with Crippen molar-refractivity contribution in [3.05, 3.63) is 30.1 Å². The Morgan fingerprint density at radius 1 is 1.45 bits per heavy atom. The molecule has 2 amide bonds. The molecule has 1 aliphatic heterocycles. The third-order valence-electron chi connectivity index (χ3n) is 3.25. The van der Waals surface area contributed by atoms with Crippen molar-refractivity contribution >= 4 is 17.5 Å². The van der Waals surface area contributed by atoms with Gasteiger partial charge in [0.1, 0.15) is 11.9 Å². The fraction of sp³-hybridized carbons (Fsp3) is 0.429. The molecular weight excluding hydrogens is 261 g/mol. The molecule has 20 heavy (non-hydrogen) atoms. The molecule has 1 unspecified atom stereocenters. The summed E-state index contributed by atoms with van der Waals surface area (Å²) in [6, 6.07) is 5.59. The summed E-state index contributed by atoms with van der Waals surface area (Å²) < 4.78 is 13.8. The molecule has 1 aromatic carbocycles. The van der Waals surface area contributed by atoms with E-state index in [0.717, 1.165) is 6.42 Å². The number of para-hydroxylation sites is 1. The second-order valence-electron chi connectivity index (χ2n) is 4.73. The van der Waals surface area contributed by atoms with Crippen LogP contribution in [-0.4, -0.2) is 38.0 Å². The van der Waals surface area contributed by atoms with Crippen LogP contribution in [0.5, 0.6) is 0 Å². The van der Waals surface area contributed by atoms with Crippen molar-refractivity contribution in [1.82, 2.24) is 10.6 Å². The van der Waals surface area contributed by atoms with E-state index in [0.29, 0.717) is 13.0 Å². The van der Waals surface area contributed by atoms with E-state index in [2.05, 4.69) is 10.6 Å². The fourth-order valence-corrected chi connectivity index (χ4v) is 2.32. The number of hydrogen-bond donors (Lipinski definition) is 2. The number of nitrogens with one attached hydrogen (secondary N) is 2. The van der Waals surface area contributed by atoms with E-state index in [-0.39, 0.29) is 24.0 Å². The van der Waals surface area contributed by atoms with E-state index in [1.807, 2.05) is 0 Å². The topological polar surface area (TPSA) is 61.4 Å². The molecule has 1 heterocycles. The van der Waals surface area contributed by atoms with Crippen molar-refractivity contribution in [2.24, 2.45) is 0 Å². The van der Waals surface area contributed by atoms with Crippen molar-refractivity contribution in [3.63, 3.8) is 0 Å². The summed E-state index contributed by atoms with van der Waals surface area (Å²) in [5, 5.41) is 5.40. The molecule has 1 saturated heterocycles. The molecule has 0 bridgehead atoms. The van der Waals surface area contributed by atoms with Gasteiger partial charge < -0.3 is 15.5 Å². The van der Waals surface area contributed by atoms with Crippen molar-refractivity contribution < 1.29 is 14.0 Å². The lowest BCUT2D eigenvalue weighted by atomic mass is 10.0. The number of rotatable bonds is 4. The maximum Gasteiger partial charge on any atom is 0.249 e. The molecule has 0 aliphatic carbocycles. The molecule has 5 nitrogen and oxygen atoms in total. The zero-order valence-electron chi connectivity index (χ0n) is 11.4. The molecule has 0 aromatic heterocycles. The number of halogens is 1. The Morgan fingerprint density at radius 2 is 2.20 bits per heavy atom. The number of amides is 2. The molecule has 1 fully saturated rings. The summed E-state index contributed by atoms with van der Waals surface area (Å²) in [5.41, 5.74) is 0.269. The maximum atomic E-state index is 13.8. The van der Waals surface area contributed by atoms with E-state index in [4.69, 9.17) is 0 Å². The summed E-state index contributed by atoms with van der Waals surface area (Å²) in [6.07, 6.45) is 1.31. The number of carbonyl (C=O) groups excluding carboxylic acids is 2. The zero-order chi connectivity index (χ0) is 14.5. The Hall–Kier alpha value is -1.95. The quantitative estimate of drug-likeness (QED) is 0.851. The van der Waals surface area contributed by atoms with E-state index >= 15 is 0 Å². The molecule has 6 heteroatoms. The molecule has 2 N–H and O–H groups in total. The molecule has 0 radical (unpaired) electrons. The lowest BCUT2D eigenvalue weighted by Gasteiger charge is -2.32. The van der Waals surface area contributed by atoms with Crippen molar-refractivity contribution in [2.45, 2.75) is 18.9 Å². The summed E-state index contributed by atoms with van der Waals surface area (Å²) in [7, 11) is 1.66. The summed E-state index contributed by atoms with van der Waals surface area (Å²) in [4.78, 5) is 25.3. The van der Waals surface area contributed by atoms with Gasteiger partial charge in [0.05, 0.1) is 12.2 Å². The number of hydrogen-bond acceptors (Lipinski definition) is 3. The molecule has 108 valence electrons. The normalized spacial score (nSPS) is 19.0. The van der Waals surface area contributed by atoms with Gasteiger partial charge in [0.15, 0.2) is 0 Å². The lowest BCUT2D eigenvalue weighted by molar-refractivity contribution is -0.128. The summed E-state index contributed by atoms with van der Waals surface area (Å²) in [5.74, 6) is -0.921. The highest BCUT2D eigenvalue weighted by Crippen LogP contribution is 2.23. The highest BCUT2D eigenvalue weighted by molar-refractivity contribution is 6.00. The minimum Gasteiger partial charge on any atom is -0.343 e. The third-order valence-corrected chi connectivity index (χ3v) is 3.25. The van der Waals surface area contributed by atoms with Gasteiger partial charge in [-0.1, -0.05) is 12.1 Å². The van der Waals surface area contributed by atoms with Crippen LogP contribution in [0, 0.1) is 5.82 Å². The van der Waals surface area contributed by atoms with Crippen LogP contribution in [0.1, 0.15) is 12.8 Å². The van der Waals surface area contributed by atoms with E-state index in [1.165, 1.54) is 11.0 Å². The first kappa shape index (κ1) is 14.5. The van der Waals surface area contributed by atoms with Gasteiger partial charge in [0.2, 0.25) is 11.8 Å². The number of likely N-dealkylation sites (N-methyl/N-ethyl adjacent to an activating group) is 1. The highest BCUT2D eigenvalue weighted by Gasteiger charge is 2.31. The van der Waals surface area contributed by atoms with Crippen LogP contribution in [0.4, 0.5) is 10.1 Å². The Balaban J connectivity index is 2.11. The van der Waals surface area contributed by atoms with Crippen LogP contribution < -0.4 is 15.5 Å². The van der Waals surface area contributed by atoms with Gasteiger partial charge in [0.25, 0.3) is 0 Å². The molecule has 0 spiro atoms. The monoisotopic (exact) mass is 279 g/mol. The van der Waals surface area contributed by atoms with Gasteiger partial charge in [-0.05, 0) is 32.0 Å². The van der Waals surface area contributed by atoms with Crippen molar-refractivity contribution in [3.8, 4) is 0 Å². The average molecular weight is 279 g/mol. The zero-order valence-corrected chi connectivity index (χ0v) is 11.4. The van der Waals surface area contributed by atoms with E-state index in [9.17, 15) is 14.0 Å². The summed E-state index contributed by atoms with van der Waals surface area (Å²) >= 11 is 0. The van der Waals surface area contributed by atoms with Crippen LogP contribution in [0.2, 0.25) is 0 Å². The summed E-state index contributed by atoms with van der Waals surface area (Å²) in [6.45, 7) is 0.627. The molecule has 1 aliphatic rings. The lowest BCUT2D eigenvalue weighted by Crippen LogP contribution is -2.53. The molecule has 1 aromatic rings.